The van der Waals surface area contributed by atoms with Crippen LogP contribution in [0.3, 0.4) is 0 Å². The van der Waals surface area contributed by atoms with E-state index in [1.807, 2.05) is 49.4 Å². The number of para-hydroxylation sites is 1. The molecule has 1 aliphatic rings. The van der Waals surface area contributed by atoms with Crippen LogP contribution in [0.25, 0.3) is 0 Å². The Hall–Kier alpha value is -3.54. The van der Waals surface area contributed by atoms with Crippen LogP contribution in [0.5, 0.6) is 0 Å². The zero-order chi connectivity index (χ0) is 21.8. The van der Waals surface area contributed by atoms with Gasteiger partial charge in [-0.1, -0.05) is 18.2 Å². The van der Waals surface area contributed by atoms with E-state index in [0.29, 0.717) is 24.2 Å². The molecule has 4 rings (SSSR count). The maximum atomic E-state index is 13.1. The third-order valence-electron chi connectivity index (χ3n) is 5.60. The van der Waals surface area contributed by atoms with Crippen LogP contribution in [0, 0.1) is 12.7 Å². The summed E-state index contributed by atoms with van der Waals surface area (Å²) in [5.74, 6) is -0.549. The molecule has 0 spiro atoms. The van der Waals surface area contributed by atoms with Crippen molar-refractivity contribution in [2.24, 2.45) is 0 Å². The van der Waals surface area contributed by atoms with E-state index in [1.54, 1.807) is 4.90 Å². The number of halogens is 1. The van der Waals surface area contributed by atoms with E-state index in [-0.39, 0.29) is 23.5 Å². The lowest BCUT2D eigenvalue weighted by atomic mass is 9.89. The highest BCUT2D eigenvalue weighted by atomic mass is 19.1. The lowest BCUT2D eigenvalue weighted by molar-refractivity contribution is 0.0711. The molecule has 5 nitrogen and oxygen atoms in total. The normalized spacial score (nSPS) is 14.3. The number of rotatable bonds is 4. The number of nitrogens with one attached hydrogen (secondary N) is 1. The van der Waals surface area contributed by atoms with Gasteiger partial charge in [0.1, 0.15) is 5.82 Å². The van der Waals surface area contributed by atoms with Crippen LogP contribution in [0.4, 0.5) is 10.1 Å². The van der Waals surface area contributed by atoms with Crippen LogP contribution >= 0.6 is 0 Å². The van der Waals surface area contributed by atoms with E-state index in [4.69, 9.17) is 4.98 Å². The van der Waals surface area contributed by atoms with E-state index in [9.17, 15) is 14.0 Å². The summed E-state index contributed by atoms with van der Waals surface area (Å²) in [6, 6.07) is 18.6. The topological polar surface area (TPSA) is 62.3 Å². The van der Waals surface area contributed by atoms with Gasteiger partial charge in [-0.25, -0.2) is 4.39 Å². The van der Waals surface area contributed by atoms with Crippen molar-refractivity contribution in [3.8, 4) is 0 Å². The zero-order valence-electron chi connectivity index (χ0n) is 17.3. The largest absolute Gasteiger partial charge is 0.339 e. The predicted octanol–water partition coefficient (Wildman–Crippen LogP) is 4.80. The Morgan fingerprint density at radius 2 is 1.65 bits per heavy atom. The SMILES string of the molecule is Cc1ccc(C(=O)Nc2ccccc2)c(C2CCN(C(=O)c3ccc(F)cc3)CC2)n1. The molecule has 1 N–H and O–H groups in total. The van der Waals surface area contributed by atoms with Crippen LogP contribution < -0.4 is 5.32 Å². The second-order valence-electron chi connectivity index (χ2n) is 7.78. The number of aromatic nitrogens is 1. The predicted molar refractivity (Wildman–Crippen MR) is 118 cm³/mol. The molecule has 1 aromatic heterocycles. The number of anilines is 1. The van der Waals surface area contributed by atoms with Crippen LogP contribution in [-0.2, 0) is 0 Å². The van der Waals surface area contributed by atoms with Gasteiger partial charge in [-0.15, -0.1) is 0 Å². The first-order chi connectivity index (χ1) is 15.0. The summed E-state index contributed by atoms with van der Waals surface area (Å²) in [6.07, 6.45) is 1.43. The Morgan fingerprint density at radius 1 is 0.968 bits per heavy atom. The number of benzene rings is 2. The Bertz CT molecular complexity index is 1080. The second kappa shape index (κ2) is 9.08. The molecule has 3 aromatic rings. The van der Waals surface area contributed by atoms with Crippen LogP contribution in [0.15, 0.2) is 66.7 Å². The van der Waals surface area contributed by atoms with E-state index in [0.717, 1.165) is 29.9 Å². The fourth-order valence-corrected chi connectivity index (χ4v) is 3.93. The number of amides is 2. The Labute approximate surface area is 180 Å². The molecule has 1 saturated heterocycles. The lowest BCUT2D eigenvalue weighted by Gasteiger charge is -2.32. The molecule has 2 aromatic carbocycles. The summed E-state index contributed by atoms with van der Waals surface area (Å²) in [7, 11) is 0. The van der Waals surface area contributed by atoms with Crippen molar-refractivity contribution in [1.82, 2.24) is 9.88 Å². The highest BCUT2D eigenvalue weighted by Crippen LogP contribution is 2.30. The van der Waals surface area contributed by atoms with Crippen molar-refractivity contribution in [2.75, 3.05) is 18.4 Å². The molecule has 2 amide bonds. The van der Waals surface area contributed by atoms with E-state index >= 15 is 0 Å². The van der Waals surface area contributed by atoms with Gasteiger partial charge in [-0.05, 0) is 68.3 Å². The number of likely N-dealkylation sites (tertiary alicyclic amines) is 1. The third kappa shape index (κ3) is 4.79. The molecule has 0 bridgehead atoms. The monoisotopic (exact) mass is 417 g/mol. The first-order valence-electron chi connectivity index (χ1n) is 10.4. The molecule has 0 saturated carbocycles. The maximum absolute atomic E-state index is 13.1. The summed E-state index contributed by atoms with van der Waals surface area (Å²) in [4.78, 5) is 32.1. The van der Waals surface area contributed by atoms with Gasteiger partial charge >= 0.3 is 0 Å². The first kappa shape index (κ1) is 20.7. The number of aryl methyl sites for hydroxylation is 1. The van der Waals surface area contributed by atoms with Gasteiger partial charge in [0.05, 0.1) is 11.3 Å². The molecule has 0 radical (unpaired) electrons. The fourth-order valence-electron chi connectivity index (χ4n) is 3.93. The van der Waals surface area contributed by atoms with Gasteiger partial charge in [0, 0.05) is 36.0 Å². The molecule has 0 aliphatic carbocycles. The van der Waals surface area contributed by atoms with Crippen molar-refractivity contribution >= 4 is 17.5 Å². The van der Waals surface area contributed by atoms with Gasteiger partial charge in [0.25, 0.3) is 11.8 Å². The number of nitrogens with zero attached hydrogens (tertiary/aromatic N) is 2. The van der Waals surface area contributed by atoms with E-state index < -0.39 is 0 Å². The number of hydrogen-bond donors (Lipinski definition) is 1. The molecule has 158 valence electrons. The lowest BCUT2D eigenvalue weighted by Crippen LogP contribution is -2.38. The number of hydrogen-bond acceptors (Lipinski definition) is 3. The zero-order valence-corrected chi connectivity index (χ0v) is 17.3. The van der Waals surface area contributed by atoms with E-state index in [2.05, 4.69) is 5.32 Å². The van der Waals surface area contributed by atoms with Gasteiger partial charge in [0.15, 0.2) is 0 Å². The van der Waals surface area contributed by atoms with Crippen molar-refractivity contribution in [3.05, 3.63) is 95.1 Å². The standard InChI is InChI=1S/C25H24FN3O2/c1-17-7-12-22(24(30)28-21-5-3-2-4-6-21)23(27-17)18-13-15-29(16-14-18)25(31)19-8-10-20(26)11-9-19/h2-12,18H,13-16H2,1H3,(H,28,30). The van der Waals surface area contributed by atoms with Crippen LogP contribution in [0.1, 0.15) is 50.9 Å². The summed E-state index contributed by atoms with van der Waals surface area (Å²) in [5, 5.41) is 2.94. The summed E-state index contributed by atoms with van der Waals surface area (Å²) in [6.45, 7) is 3.04. The number of carbonyl (C=O) groups excluding carboxylic acids is 2. The third-order valence-corrected chi connectivity index (χ3v) is 5.60. The molecule has 0 unspecified atom stereocenters. The highest BCUT2D eigenvalue weighted by Gasteiger charge is 2.28. The highest BCUT2D eigenvalue weighted by molar-refractivity contribution is 6.05. The van der Waals surface area contributed by atoms with Crippen LogP contribution in [-0.4, -0.2) is 34.8 Å². The van der Waals surface area contributed by atoms with Crippen molar-refractivity contribution in [3.63, 3.8) is 0 Å². The smallest absolute Gasteiger partial charge is 0.257 e. The number of piperidine rings is 1. The van der Waals surface area contributed by atoms with Crippen molar-refractivity contribution in [1.29, 1.82) is 0 Å². The molecule has 1 aliphatic heterocycles. The molecule has 1 fully saturated rings. The van der Waals surface area contributed by atoms with Gasteiger partial charge in [0.2, 0.25) is 0 Å². The minimum absolute atomic E-state index is 0.0914. The molecule has 6 heteroatoms. The summed E-state index contributed by atoms with van der Waals surface area (Å²) in [5.41, 5.74) is 3.42. The quantitative estimate of drug-likeness (QED) is 0.663. The van der Waals surface area contributed by atoms with Gasteiger partial charge in [-0.3, -0.25) is 14.6 Å². The Morgan fingerprint density at radius 3 is 2.32 bits per heavy atom. The maximum Gasteiger partial charge on any atom is 0.257 e. The number of carbonyl (C=O) groups is 2. The van der Waals surface area contributed by atoms with Gasteiger partial charge in [-0.2, -0.15) is 0 Å². The summed E-state index contributed by atoms with van der Waals surface area (Å²) >= 11 is 0. The summed E-state index contributed by atoms with van der Waals surface area (Å²) < 4.78 is 13.1. The molecular weight excluding hydrogens is 393 g/mol. The number of pyridine rings is 1. The first-order valence-corrected chi connectivity index (χ1v) is 10.4. The Kier molecular flexibility index (Phi) is 6.07. The average Bonchev–Trinajstić information content (AvgIpc) is 2.80. The van der Waals surface area contributed by atoms with Crippen LogP contribution in [0.2, 0.25) is 0 Å². The minimum atomic E-state index is -0.359. The molecule has 2 heterocycles. The second-order valence-corrected chi connectivity index (χ2v) is 7.78. The minimum Gasteiger partial charge on any atom is -0.339 e. The van der Waals surface area contributed by atoms with E-state index in [1.165, 1.54) is 24.3 Å². The van der Waals surface area contributed by atoms with Gasteiger partial charge < -0.3 is 10.2 Å². The Balaban J connectivity index is 1.48. The molecular formula is C25H24FN3O2. The molecule has 31 heavy (non-hydrogen) atoms. The van der Waals surface area contributed by atoms with Crippen molar-refractivity contribution in [2.45, 2.75) is 25.7 Å². The fraction of sp³-hybridized carbons (Fsp3) is 0.240. The average molecular weight is 417 g/mol. The van der Waals surface area contributed by atoms with Crippen molar-refractivity contribution < 1.29 is 14.0 Å². The molecule has 0 atom stereocenters.